The highest BCUT2D eigenvalue weighted by Gasteiger charge is 2.31. The summed E-state index contributed by atoms with van der Waals surface area (Å²) in [5.41, 5.74) is 4.68. The first-order valence-corrected chi connectivity index (χ1v) is 9.28. The predicted molar refractivity (Wildman–Crippen MR) is 94.4 cm³/mol. The number of fused-ring (bicyclic) bond motifs is 1. The highest BCUT2D eigenvalue weighted by molar-refractivity contribution is 5.95. The Kier molecular flexibility index (Phi) is 4.66. The third-order valence-electron chi connectivity index (χ3n) is 5.35. The lowest BCUT2D eigenvalue weighted by Crippen LogP contribution is -2.28. The maximum absolute atomic E-state index is 12.9. The van der Waals surface area contributed by atoms with Gasteiger partial charge in [0.2, 0.25) is 0 Å². The molecule has 4 nitrogen and oxygen atoms in total. The lowest BCUT2D eigenvalue weighted by molar-refractivity contribution is 0.0975. The van der Waals surface area contributed by atoms with E-state index in [-0.39, 0.29) is 11.6 Å². The third kappa shape index (κ3) is 3.82. The minimum atomic E-state index is -0.301. The molecule has 1 fully saturated rings. The van der Waals surface area contributed by atoms with Gasteiger partial charge in [-0.1, -0.05) is 0 Å². The van der Waals surface area contributed by atoms with E-state index in [0.29, 0.717) is 17.9 Å². The Balaban J connectivity index is 1.26. The fourth-order valence-electron chi connectivity index (χ4n) is 3.72. The second-order valence-electron chi connectivity index (χ2n) is 7.22. The Bertz CT molecular complexity index is 749. The molecule has 0 atom stereocenters. The van der Waals surface area contributed by atoms with E-state index in [0.717, 1.165) is 38.9 Å². The highest BCUT2D eigenvalue weighted by Crippen LogP contribution is 2.41. The smallest absolute Gasteiger partial charge is 0.162 e. The summed E-state index contributed by atoms with van der Waals surface area (Å²) < 4.78 is 12.9. The van der Waals surface area contributed by atoms with Gasteiger partial charge in [-0.15, -0.1) is 0 Å². The molecule has 132 valence electrons. The minimum absolute atomic E-state index is 0.0975. The first kappa shape index (κ1) is 16.5. The fourth-order valence-corrected chi connectivity index (χ4v) is 3.72. The minimum Gasteiger partial charge on any atom is -0.303 e. The molecule has 0 bridgehead atoms. The van der Waals surface area contributed by atoms with E-state index in [1.54, 1.807) is 12.1 Å². The second kappa shape index (κ2) is 7.08. The average molecular weight is 341 g/mol. The van der Waals surface area contributed by atoms with Gasteiger partial charge in [0.05, 0.1) is 5.69 Å². The van der Waals surface area contributed by atoms with E-state index in [9.17, 15) is 9.18 Å². The summed E-state index contributed by atoms with van der Waals surface area (Å²) in [5, 5.41) is 7.78. The molecule has 1 N–H and O–H groups in total. The average Bonchev–Trinajstić information content (AvgIpc) is 3.41. The summed E-state index contributed by atoms with van der Waals surface area (Å²) in [6.07, 6.45) is 6.00. The summed E-state index contributed by atoms with van der Waals surface area (Å²) in [4.78, 5) is 14.6. The summed E-state index contributed by atoms with van der Waals surface area (Å²) in [6.45, 7) is 2.99. The molecule has 1 aromatic carbocycles. The molecule has 1 aliphatic carbocycles. The van der Waals surface area contributed by atoms with E-state index in [4.69, 9.17) is 0 Å². The maximum Gasteiger partial charge on any atom is 0.162 e. The van der Waals surface area contributed by atoms with E-state index < -0.39 is 0 Å². The van der Waals surface area contributed by atoms with Gasteiger partial charge >= 0.3 is 0 Å². The van der Waals surface area contributed by atoms with E-state index in [1.165, 1.54) is 41.9 Å². The number of hydrogen-bond donors (Lipinski definition) is 1. The molecule has 1 aromatic heterocycles. The first-order chi connectivity index (χ1) is 12.2. The number of rotatable bonds is 6. The topological polar surface area (TPSA) is 49.0 Å². The fraction of sp³-hybridized carbons (Fsp3) is 0.500. The molecule has 0 saturated heterocycles. The van der Waals surface area contributed by atoms with Crippen LogP contribution in [0.1, 0.15) is 58.9 Å². The van der Waals surface area contributed by atoms with Crippen LogP contribution in [0.15, 0.2) is 24.3 Å². The van der Waals surface area contributed by atoms with Gasteiger partial charge < -0.3 is 4.90 Å². The number of ketones is 1. The SMILES string of the molecule is O=C(CCCN1CCc2[nH]nc(C3CC3)c2CC1)c1ccc(F)cc1. The maximum atomic E-state index is 12.9. The van der Waals surface area contributed by atoms with Crippen LogP contribution in [0.4, 0.5) is 4.39 Å². The van der Waals surface area contributed by atoms with Crippen molar-refractivity contribution in [2.45, 2.75) is 44.4 Å². The molecule has 0 unspecified atom stereocenters. The standard InChI is InChI=1S/C20H24FN3O/c21-16-7-5-14(6-8-16)19(25)2-1-11-24-12-9-17-18(10-13-24)22-23-20(17)15-3-4-15/h5-8,15H,1-4,9-13H2,(H,22,23). The molecule has 1 aliphatic heterocycles. The molecule has 0 radical (unpaired) electrons. The van der Waals surface area contributed by atoms with E-state index >= 15 is 0 Å². The molecule has 5 heteroatoms. The number of halogens is 1. The number of H-pyrrole nitrogens is 1. The molecule has 2 heterocycles. The summed E-state index contributed by atoms with van der Waals surface area (Å²) >= 11 is 0. The Hall–Kier alpha value is -2.01. The van der Waals surface area contributed by atoms with Crippen LogP contribution in [0, 0.1) is 5.82 Å². The van der Waals surface area contributed by atoms with Crippen LogP contribution in [0.25, 0.3) is 0 Å². The number of benzene rings is 1. The Morgan fingerprint density at radius 2 is 1.96 bits per heavy atom. The molecular weight excluding hydrogens is 317 g/mol. The van der Waals surface area contributed by atoms with Crippen molar-refractivity contribution in [2.24, 2.45) is 0 Å². The number of aromatic amines is 1. The largest absolute Gasteiger partial charge is 0.303 e. The van der Waals surface area contributed by atoms with E-state index in [1.807, 2.05) is 0 Å². The van der Waals surface area contributed by atoms with Crippen LogP contribution >= 0.6 is 0 Å². The quantitative estimate of drug-likeness (QED) is 0.818. The predicted octanol–water partition coefficient (Wildman–Crippen LogP) is 3.49. The Morgan fingerprint density at radius 1 is 1.20 bits per heavy atom. The Morgan fingerprint density at radius 3 is 2.72 bits per heavy atom. The summed E-state index contributed by atoms with van der Waals surface area (Å²) in [5.74, 6) is 0.490. The number of carbonyl (C=O) groups excluding carboxylic acids is 1. The first-order valence-electron chi connectivity index (χ1n) is 9.28. The van der Waals surface area contributed by atoms with Crippen LogP contribution < -0.4 is 0 Å². The van der Waals surface area contributed by atoms with Crippen LogP contribution in [-0.2, 0) is 12.8 Å². The van der Waals surface area contributed by atoms with Gasteiger partial charge in [0, 0.05) is 43.1 Å². The molecule has 25 heavy (non-hydrogen) atoms. The van der Waals surface area contributed by atoms with Crippen LogP contribution in [0.2, 0.25) is 0 Å². The molecule has 0 amide bonds. The van der Waals surface area contributed by atoms with Gasteiger partial charge in [-0.25, -0.2) is 4.39 Å². The van der Waals surface area contributed by atoms with Crippen LogP contribution in [0.3, 0.4) is 0 Å². The van der Waals surface area contributed by atoms with Crippen molar-refractivity contribution in [1.29, 1.82) is 0 Å². The lowest BCUT2D eigenvalue weighted by atomic mass is 10.1. The van der Waals surface area contributed by atoms with Crippen molar-refractivity contribution in [2.75, 3.05) is 19.6 Å². The van der Waals surface area contributed by atoms with Gasteiger partial charge in [0.15, 0.2) is 5.78 Å². The van der Waals surface area contributed by atoms with Crippen molar-refractivity contribution in [3.05, 3.63) is 52.6 Å². The number of hydrogen-bond acceptors (Lipinski definition) is 3. The van der Waals surface area contributed by atoms with Crippen LogP contribution in [-0.4, -0.2) is 40.5 Å². The van der Waals surface area contributed by atoms with Gasteiger partial charge in [0.25, 0.3) is 0 Å². The summed E-state index contributed by atoms with van der Waals surface area (Å²) in [7, 11) is 0. The lowest BCUT2D eigenvalue weighted by Gasteiger charge is -2.19. The van der Waals surface area contributed by atoms with Crippen molar-refractivity contribution in [1.82, 2.24) is 15.1 Å². The van der Waals surface area contributed by atoms with Gasteiger partial charge in [-0.2, -0.15) is 5.10 Å². The molecule has 4 rings (SSSR count). The van der Waals surface area contributed by atoms with Gasteiger partial charge in [-0.05, 0) is 62.1 Å². The van der Waals surface area contributed by atoms with Crippen LogP contribution in [0.5, 0.6) is 0 Å². The van der Waals surface area contributed by atoms with E-state index in [2.05, 4.69) is 15.1 Å². The zero-order chi connectivity index (χ0) is 17.2. The van der Waals surface area contributed by atoms with Gasteiger partial charge in [0.1, 0.15) is 5.82 Å². The van der Waals surface area contributed by atoms with Gasteiger partial charge in [-0.3, -0.25) is 9.89 Å². The van der Waals surface area contributed by atoms with Crippen molar-refractivity contribution < 1.29 is 9.18 Å². The number of carbonyl (C=O) groups is 1. The summed E-state index contributed by atoms with van der Waals surface area (Å²) in [6, 6.07) is 5.84. The molecule has 2 aromatic rings. The molecule has 1 saturated carbocycles. The number of nitrogens with one attached hydrogen (secondary N) is 1. The third-order valence-corrected chi connectivity index (χ3v) is 5.35. The molecular formula is C20H24FN3O. The Labute approximate surface area is 147 Å². The number of nitrogens with zero attached hydrogens (tertiary/aromatic N) is 2. The number of Topliss-reactive ketones (excluding diaryl/α,β-unsaturated/α-hetero) is 1. The monoisotopic (exact) mass is 341 g/mol. The normalized spacial score (nSPS) is 18.0. The zero-order valence-electron chi connectivity index (χ0n) is 14.4. The molecule has 0 spiro atoms. The van der Waals surface area contributed by atoms with Crippen molar-refractivity contribution in [3.8, 4) is 0 Å². The molecule has 2 aliphatic rings. The van der Waals surface area contributed by atoms with Crippen molar-refractivity contribution in [3.63, 3.8) is 0 Å². The number of aromatic nitrogens is 2. The van der Waals surface area contributed by atoms with Crippen molar-refractivity contribution >= 4 is 5.78 Å². The highest BCUT2D eigenvalue weighted by atomic mass is 19.1. The second-order valence-corrected chi connectivity index (χ2v) is 7.22. The zero-order valence-corrected chi connectivity index (χ0v) is 14.4.